The Kier molecular flexibility index (Phi) is 5.96. The van der Waals surface area contributed by atoms with Crippen LogP contribution in [-0.4, -0.2) is 48.7 Å². The number of hydrogen-bond acceptors (Lipinski definition) is 7. The molecule has 1 heterocycles. The number of oxime groups is 1. The molecule has 3 rings (SSSR count). The lowest BCUT2D eigenvalue weighted by Gasteiger charge is -2.26. The van der Waals surface area contributed by atoms with E-state index in [0.717, 1.165) is 25.7 Å². The zero-order valence-corrected chi connectivity index (χ0v) is 16.0. The van der Waals surface area contributed by atoms with E-state index >= 15 is 0 Å². The standard InChI is InChI=1S/C20H24N2O6/c1-3-27-18(24)16-12-20(28-22-16,19(25)21-14-6-4-5-7-14)17(23)13-8-10-15(26-2)11-9-13/h8-11,14H,3-7,12H2,1-2H3,(H,21,25). The van der Waals surface area contributed by atoms with E-state index in [0.29, 0.717) is 5.75 Å². The number of carbonyl (C=O) groups is 3. The predicted octanol–water partition coefficient (Wildman–Crippen LogP) is 2.01. The maximum atomic E-state index is 13.3. The molecule has 150 valence electrons. The predicted molar refractivity (Wildman–Crippen MR) is 100 cm³/mol. The van der Waals surface area contributed by atoms with Gasteiger partial charge < -0.3 is 19.6 Å². The molecular weight excluding hydrogens is 364 g/mol. The van der Waals surface area contributed by atoms with Crippen LogP contribution < -0.4 is 10.1 Å². The van der Waals surface area contributed by atoms with E-state index in [4.69, 9.17) is 14.3 Å². The maximum Gasteiger partial charge on any atom is 0.356 e. The first-order chi connectivity index (χ1) is 13.5. The van der Waals surface area contributed by atoms with Gasteiger partial charge in [-0.25, -0.2) is 4.79 Å². The Balaban J connectivity index is 1.87. The zero-order chi connectivity index (χ0) is 20.1. The molecule has 1 unspecified atom stereocenters. The van der Waals surface area contributed by atoms with Crippen molar-refractivity contribution in [2.45, 2.75) is 50.7 Å². The first kappa shape index (κ1) is 19.9. The summed E-state index contributed by atoms with van der Waals surface area (Å²) in [5.74, 6) is -1.26. The number of esters is 1. The molecule has 28 heavy (non-hydrogen) atoms. The number of carbonyl (C=O) groups excluding carboxylic acids is 3. The van der Waals surface area contributed by atoms with Crippen LogP contribution in [0.2, 0.25) is 0 Å². The first-order valence-corrected chi connectivity index (χ1v) is 9.42. The van der Waals surface area contributed by atoms with Gasteiger partial charge in [-0.05, 0) is 44.0 Å². The zero-order valence-electron chi connectivity index (χ0n) is 16.0. The van der Waals surface area contributed by atoms with Crippen molar-refractivity contribution < 1.29 is 28.7 Å². The van der Waals surface area contributed by atoms with E-state index in [2.05, 4.69) is 10.5 Å². The lowest BCUT2D eigenvalue weighted by atomic mass is 9.87. The third kappa shape index (κ3) is 3.85. The SMILES string of the molecule is CCOC(=O)C1=NOC(C(=O)NC2CCCC2)(C(=O)c2ccc(OC)cc2)C1. The summed E-state index contributed by atoms with van der Waals surface area (Å²) >= 11 is 0. The van der Waals surface area contributed by atoms with E-state index in [1.807, 2.05) is 0 Å². The van der Waals surface area contributed by atoms with Crippen LogP contribution in [0.3, 0.4) is 0 Å². The van der Waals surface area contributed by atoms with Crippen molar-refractivity contribution in [1.29, 1.82) is 0 Å². The normalized spacial score (nSPS) is 21.6. The van der Waals surface area contributed by atoms with E-state index < -0.39 is 23.3 Å². The third-order valence-corrected chi connectivity index (χ3v) is 5.02. The van der Waals surface area contributed by atoms with Gasteiger partial charge in [-0.2, -0.15) is 0 Å². The van der Waals surface area contributed by atoms with Crippen LogP contribution in [0.4, 0.5) is 0 Å². The molecule has 0 spiro atoms. The largest absolute Gasteiger partial charge is 0.497 e. The molecule has 8 nitrogen and oxygen atoms in total. The first-order valence-electron chi connectivity index (χ1n) is 9.42. The Hall–Kier alpha value is -2.90. The molecule has 0 saturated heterocycles. The summed E-state index contributed by atoms with van der Waals surface area (Å²) in [5, 5.41) is 6.61. The lowest BCUT2D eigenvalue weighted by molar-refractivity contribution is -0.139. The van der Waals surface area contributed by atoms with Crippen molar-refractivity contribution in [3.05, 3.63) is 29.8 Å². The van der Waals surface area contributed by atoms with Crippen LogP contribution in [0.25, 0.3) is 0 Å². The van der Waals surface area contributed by atoms with Crippen molar-refractivity contribution in [2.75, 3.05) is 13.7 Å². The van der Waals surface area contributed by atoms with Gasteiger partial charge in [0, 0.05) is 11.6 Å². The number of rotatable bonds is 7. The minimum Gasteiger partial charge on any atom is -0.497 e. The highest BCUT2D eigenvalue weighted by atomic mass is 16.7. The summed E-state index contributed by atoms with van der Waals surface area (Å²) in [6.45, 7) is 1.82. The highest BCUT2D eigenvalue weighted by Gasteiger charge is 2.55. The molecule has 1 aromatic carbocycles. The molecule has 1 fully saturated rings. The average molecular weight is 388 g/mol. The van der Waals surface area contributed by atoms with E-state index in [9.17, 15) is 14.4 Å². The fourth-order valence-electron chi connectivity index (χ4n) is 3.45. The molecule has 0 bridgehead atoms. The van der Waals surface area contributed by atoms with Crippen LogP contribution in [0.5, 0.6) is 5.75 Å². The summed E-state index contributed by atoms with van der Waals surface area (Å²) in [7, 11) is 1.52. The second-order valence-corrected chi connectivity index (χ2v) is 6.87. The molecule has 8 heteroatoms. The highest BCUT2D eigenvalue weighted by Crippen LogP contribution is 2.31. The average Bonchev–Trinajstić information content (AvgIpc) is 3.38. The second-order valence-electron chi connectivity index (χ2n) is 6.87. The van der Waals surface area contributed by atoms with Crippen LogP contribution >= 0.6 is 0 Å². The molecule has 1 aromatic rings. The molecular formula is C20H24N2O6. The van der Waals surface area contributed by atoms with Gasteiger partial charge in [-0.1, -0.05) is 18.0 Å². The molecule has 1 saturated carbocycles. The smallest absolute Gasteiger partial charge is 0.356 e. The molecule has 2 aliphatic rings. The maximum absolute atomic E-state index is 13.3. The molecule has 1 amide bonds. The summed E-state index contributed by atoms with van der Waals surface area (Å²) in [6.07, 6.45) is 3.48. The van der Waals surface area contributed by atoms with E-state index in [-0.39, 0.29) is 30.3 Å². The van der Waals surface area contributed by atoms with Gasteiger partial charge in [-0.15, -0.1) is 0 Å². The molecule has 0 aromatic heterocycles. The minimum atomic E-state index is -1.92. The Labute approximate surface area is 163 Å². The second kappa shape index (κ2) is 8.41. The van der Waals surface area contributed by atoms with Crippen molar-refractivity contribution in [3.63, 3.8) is 0 Å². The van der Waals surface area contributed by atoms with Crippen molar-refractivity contribution in [1.82, 2.24) is 5.32 Å². The lowest BCUT2D eigenvalue weighted by Crippen LogP contribution is -2.55. The van der Waals surface area contributed by atoms with Crippen molar-refractivity contribution in [2.24, 2.45) is 5.16 Å². The fourth-order valence-corrected chi connectivity index (χ4v) is 3.45. The summed E-state index contributed by atoms with van der Waals surface area (Å²) in [4.78, 5) is 43.7. The minimum absolute atomic E-state index is 0.0108. The number of Topliss-reactive ketones (excluding diaryl/α,β-unsaturated/α-hetero) is 1. The Bertz CT molecular complexity index is 782. The van der Waals surface area contributed by atoms with Gasteiger partial charge >= 0.3 is 5.97 Å². The number of nitrogens with zero attached hydrogens (tertiary/aromatic N) is 1. The van der Waals surface area contributed by atoms with Crippen LogP contribution in [0, 0.1) is 0 Å². The number of ether oxygens (including phenoxy) is 2. The van der Waals surface area contributed by atoms with Gasteiger partial charge in [0.05, 0.1) is 20.1 Å². The van der Waals surface area contributed by atoms with Gasteiger partial charge in [-0.3, -0.25) is 9.59 Å². The van der Waals surface area contributed by atoms with Gasteiger partial charge in [0.2, 0.25) is 5.78 Å². The van der Waals surface area contributed by atoms with E-state index in [1.165, 1.54) is 7.11 Å². The van der Waals surface area contributed by atoms with Crippen LogP contribution in [-0.2, 0) is 19.2 Å². The molecule has 1 aliphatic carbocycles. The molecule has 1 N–H and O–H groups in total. The number of ketones is 1. The van der Waals surface area contributed by atoms with Crippen LogP contribution in [0.1, 0.15) is 49.4 Å². The Morgan fingerprint density at radius 2 is 1.89 bits per heavy atom. The number of methoxy groups -OCH3 is 1. The molecule has 0 radical (unpaired) electrons. The van der Waals surface area contributed by atoms with Gasteiger partial charge in [0.1, 0.15) is 5.75 Å². The van der Waals surface area contributed by atoms with Crippen molar-refractivity contribution in [3.8, 4) is 5.75 Å². The van der Waals surface area contributed by atoms with Crippen LogP contribution in [0.15, 0.2) is 29.4 Å². The number of benzene rings is 1. The molecule has 1 aliphatic heterocycles. The summed E-state index contributed by atoms with van der Waals surface area (Å²) < 4.78 is 10.0. The van der Waals surface area contributed by atoms with Crippen molar-refractivity contribution >= 4 is 23.4 Å². The monoisotopic (exact) mass is 388 g/mol. The fraction of sp³-hybridized carbons (Fsp3) is 0.500. The van der Waals surface area contributed by atoms with Gasteiger partial charge in [0.15, 0.2) is 5.71 Å². The Morgan fingerprint density at radius 3 is 2.50 bits per heavy atom. The number of amides is 1. The highest BCUT2D eigenvalue weighted by molar-refractivity contribution is 6.39. The summed E-state index contributed by atoms with van der Waals surface area (Å²) in [5.41, 5.74) is -1.73. The number of hydrogen-bond donors (Lipinski definition) is 1. The Morgan fingerprint density at radius 1 is 1.21 bits per heavy atom. The molecule has 1 atom stereocenters. The number of nitrogens with one attached hydrogen (secondary N) is 1. The topological polar surface area (TPSA) is 103 Å². The van der Waals surface area contributed by atoms with Gasteiger partial charge in [0.25, 0.3) is 11.5 Å². The third-order valence-electron chi connectivity index (χ3n) is 5.02. The summed E-state index contributed by atoms with van der Waals surface area (Å²) in [6, 6.07) is 6.34. The quantitative estimate of drug-likeness (QED) is 0.435. The van der Waals surface area contributed by atoms with E-state index in [1.54, 1.807) is 31.2 Å².